The van der Waals surface area contributed by atoms with Crippen LogP contribution in [0, 0.1) is 11.8 Å². The van der Waals surface area contributed by atoms with E-state index in [-0.39, 0.29) is 0 Å². The van der Waals surface area contributed by atoms with Gasteiger partial charge in [0.15, 0.2) is 0 Å². The first-order chi connectivity index (χ1) is 7.47. The minimum atomic E-state index is -0.515. The van der Waals surface area contributed by atoms with Gasteiger partial charge in [-0.1, -0.05) is 33.6 Å². The molecule has 0 aromatic rings. The van der Waals surface area contributed by atoms with Crippen LogP contribution in [0.15, 0.2) is 0 Å². The van der Waals surface area contributed by atoms with E-state index in [2.05, 4.69) is 26.1 Å². The molecular weight excluding hydrogens is 198 g/mol. The first kappa shape index (κ1) is 14.0. The molecule has 0 spiro atoms. The van der Waals surface area contributed by atoms with Gasteiger partial charge in [-0.15, -0.1) is 0 Å². The Morgan fingerprint density at radius 2 is 1.88 bits per heavy atom. The van der Waals surface area contributed by atoms with Crippen LogP contribution in [0.1, 0.15) is 59.8 Å². The highest BCUT2D eigenvalue weighted by Gasteiger charge is 2.34. The molecular formula is C14H29NO. The molecule has 1 aliphatic carbocycles. The summed E-state index contributed by atoms with van der Waals surface area (Å²) < 4.78 is 0. The topological polar surface area (TPSA) is 32.3 Å². The third kappa shape index (κ3) is 3.74. The Kier molecular flexibility index (Phi) is 5.26. The van der Waals surface area contributed by atoms with Crippen molar-refractivity contribution >= 4 is 0 Å². The van der Waals surface area contributed by atoms with E-state index in [9.17, 15) is 5.11 Å². The summed E-state index contributed by atoms with van der Waals surface area (Å²) in [5.41, 5.74) is -0.515. The molecule has 1 fully saturated rings. The first-order valence-electron chi connectivity index (χ1n) is 6.93. The summed E-state index contributed by atoms with van der Waals surface area (Å²) in [7, 11) is 0. The quantitative estimate of drug-likeness (QED) is 0.731. The van der Waals surface area contributed by atoms with Gasteiger partial charge in [0, 0.05) is 12.6 Å². The van der Waals surface area contributed by atoms with Crippen LogP contribution < -0.4 is 5.32 Å². The fraction of sp³-hybridized carbons (Fsp3) is 1.00. The standard InChI is InChI=1S/C14H29NO/c1-5-13(11(2)3)15-10-14(4,16)12-8-6-7-9-12/h11-13,15-16H,5-10H2,1-4H3. The summed E-state index contributed by atoms with van der Waals surface area (Å²) in [5, 5.41) is 14.0. The highest BCUT2D eigenvalue weighted by molar-refractivity contribution is 4.88. The van der Waals surface area contributed by atoms with Crippen molar-refractivity contribution in [3.8, 4) is 0 Å². The van der Waals surface area contributed by atoms with E-state index in [0.717, 1.165) is 13.0 Å². The van der Waals surface area contributed by atoms with Crippen molar-refractivity contribution in [1.82, 2.24) is 5.32 Å². The predicted molar refractivity (Wildman–Crippen MR) is 69.5 cm³/mol. The van der Waals surface area contributed by atoms with Crippen LogP contribution in [-0.2, 0) is 0 Å². The lowest BCUT2D eigenvalue weighted by atomic mass is 9.87. The minimum absolute atomic E-state index is 0.504. The van der Waals surface area contributed by atoms with Gasteiger partial charge in [0.2, 0.25) is 0 Å². The van der Waals surface area contributed by atoms with Gasteiger partial charge in [0.25, 0.3) is 0 Å². The van der Waals surface area contributed by atoms with E-state index < -0.39 is 5.60 Å². The van der Waals surface area contributed by atoms with Gasteiger partial charge in [-0.3, -0.25) is 0 Å². The molecule has 1 rings (SSSR count). The summed E-state index contributed by atoms with van der Waals surface area (Å²) in [6.45, 7) is 9.44. The third-order valence-electron chi connectivity index (χ3n) is 4.20. The van der Waals surface area contributed by atoms with E-state index in [4.69, 9.17) is 0 Å². The van der Waals surface area contributed by atoms with Crippen LogP contribution in [0.5, 0.6) is 0 Å². The Hall–Kier alpha value is -0.0800. The Bertz CT molecular complexity index is 195. The van der Waals surface area contributed by atoms with E-state index in [1.807, 2.05) is 6.92 Å². The Labute approximate surface area is 101 Å². The van der Waals surface area contributed by atoms with Gasteiger partial charge in [-0.2, -0.15) is 0 Å². The first-order valence-corrected chi connectivity index (χ1v) is 6.93. The van der Waals surface area contributed by atoms with Gasteiger partial charge in [-0.25, -0.2) is 0 Å². The average molecular weight is 227 g/mol. The van der Waals surface area contributed by atoms with Crippen LogP contribution in [0.25, 0.3) is 0 Å². The van der Waals surface area contributed by atoms with Crippen molar-refractivity contribution in [1.29, 1.82) is 0 Å². The third-order valence-corrected chi connectivity index (χ3v) is 4.20. The van der Waals surface area contributed by atoms with E-state index in [1.54, 1.807) is 0 Å². The van der Waals surface area contributed by atoms with Crippen LogP contribution in [0.2, 0.25) is 0 Å². The molecule has 0 aliphatic heterocycles. The average Bonchev–Trinajstić information content (AvgIpc) is 2.71. The molecule has 0 aromatic carbocycles. The van der Waals surface area contributed by atoms with Gasteiger partial charge in [-0.05, 0) is 38.0 Å². The normalized spacial score (nSPS) is 23.6. The van der Waals surface area contributed by atoms with Crippen LogP contribution in [0.3, 0.4) is 0 Å². The van der Waals surface area contributed by atoms with Crippen molar-refractivity contribution < 1.29 is 5.11 Å². The lowest BCUT2D eigenvalue weighted by molar-refractivity contribution is -0.00115. The second kappa shape index (κ2) is 6.02. The van der Waals surface area contributed by atoms with Crippen LogP contribution in [0.4, 0.5) is 0 Å². The Balaban J connectivity index is 2.39. The van der Waals surface area contributed by atoms with Crippen molar-refractivity contribution in [2.45, 2.75) is 71.4 Å². The summed E-state index contributed by atoms with van der Waals surface area (Å²) in [6, 6.07) is 0.535. The molecule has 1 saturated carbocycles. The molecule has 2 heteroatoms. The molecule has 16 heavy (non-hydrogen) atoms. The number of nitrogens with one attached hydrogen (secondary N) is 1. The summed E-state index contributed by atoms with van der Waals surface area (Å²) in [4.78, 5) is 0. The summed E-state index contributed by atoms with van der Waals surface area (Å²) in [5.74, 6) is 1.15. The molecule has 0 bridgehead atoms. The molecule has 0 aromatic heterocycles. The smallest absolute Gasteiger partial charge is 0.0771 e. The zero-order valence-corrected chi connectivity index (χ0v) is 11.4. The van der Waals surface area contributed by atoms with Crippen molar-refractivity contribution in [2.75, 3.05) is 6.54 Å². The Morgan fingerprint density at radius 1 is 1.31 bits per heavy atom. The molecule has 2 N–H and O–H groups in total. The highest BCUT2D eigenvalue weighted by atomic mass is 16.3. The maximum Gasteiger partial charge on any atom is 0.0771 e. The number of aliphatic hydroxyl groups is 1. The fourth-order valence-electron chi connectivity index (χ4n) is 2.88. The molecule has 2 nitrogen and oxygen atoms in total. The molecule has 2 unspecified atom stereocenters. The zero-order valence-electron chi connectivity index (χ0n) is 11.4. The lowest BCUT2D eigenvalue weighted by Gasteiger charge is -2.33. The molecule has 0 amide bonds. The summed E-state index contributed by atoms with van der Waals surface area (Å²) in [6.07, 6.45) is 6.13. The van der Waals surface area contributed by atoms with Crippen molar-refractivity contribution in [2.24, 2.45) is 11.8 Å². The highest BCUT2D eigenvalue weighted by Crippen LogP contribution is 2.33. The second-order valence-corrected chi connectivity index (χ2v) is 5.98. The van der Waals surface area contributed by atoms with Gasteiger partial charge >= 0.3 is 0 Å². The maximum atomic E-state index is 10.5. The van der Waals surface area contributed by atoms with E-state index in [0.29, 0.717) is 17.9 Å². The number of hydrogen-bond donors (Lipinski definition) is 2. The lowest BCUT2D eigenvalue weighted by Crippen LogP contribution is -2.47. The van der Waals surface area contributed by atoms with Crippen molar-refractivity contribution in [3.05, 3.63) is 0 Å². The molecule has 2 atom stereocenters. The van der Waals surface area contributed by atoms with Crippen LogP contribution in [-0.4, -0.2) is 23.3 Å². The molecule has 0 saturated heterocycles. The molecule has 96 valence electrons. The van der Waals surface area contributed by atoms with Gasteiger partial charge < -0.3 is 10.4 Å². The van der Waals surface area contributed by atoms with E-state index in [1.165, 1.54) is 25.7 Å². The predicted octanol–water partition coefficient (Wildman–Crippen LogP) is 2.95. The summed E-state index contributed by atoms with van der Waals surface area (Å²) >= 11 is 0. The molecule has 0 radical (unpaired) electrons. The van der Waals surface area contributed by atoms with E-state index >= 15 is 0 Å². The Morgan fingerprint density at radius 3 is 2.31 bits per heavy atom. The fourth-order valence-corrected chi connectivity index (χ4v) is 2.88. The second-order valence-electron chi connectivity index (χ2n) is 5.98. The van der Waals surface area contributed by atoms with Gasteiger partial charge in [0.1, 0.15) is 0 Å². The molecule has 0 heterocycles. The maximum absolute atomic E-state index is 10.5. The van der Waals surface area contributed by atoms with Crippen LogP contribution >= 0.6 is 0 Å². The monoisotopic (exact) mass is 227 g/mol. The van der Waals surface area contributed by atoms with Gasteiger partial charge in [0.05, 0.1) is 5.60 Å². The SMILES string of the molecule is CCC(NCC(C)(O)C1CCCC1)C(C)C. The number of hydrogen-bond acceptors (Lipinski definition) is 2. The molecule has 1 aliphatic rings. The number of rotatable bonds is 6. The minimum Gasteiger partial charge on any atom is -0.389 e. The zero-order chi connectivity index (χ0) is 12.2. The largest absolute Gasteiger partial charge is 0.389 e. The van der Waals surface area contributed by atoms with Crippen molar-refractivity contribution in [3.63, 3.8) is 0 Å².